The maximum absolute atomic E-state index is 12.3. The van der Waals surface area contributed by atoms with E-state index in [0.29, 0.717) is 12.3 Å². The van der Waals surface area contributed by atoms with Gasteiger partial charge in [0.05, 0.1) is 18.1 Å². The number of aliphatic hydroxyl groups is 1. The average Bonchev–Trinajstić information content (AvgIpc) is 2.94. The van der Waals surface area contributed by atoms with Crippen LogP contribution in [0.1, 0.15) is 24.1 Å². The summed E-state index contributed by atoms with van der Waals surface area (Å²) in [7, 11) is 0. The zero-order valence-electron chi connectivity index (χ0n) is 11.1. The molecule has 1 heterocycles. The summed E-state index contributed by atoms with van der Waals surface area (Å²) in [5.74, 6) is 0.423. The van der Waals surface area contributed by atoms with Crippen LogP contribution in [0.3, 0.4) is 0 Å². The molecule has 3 rings (SSSR count). The van der Waals surface area contributed by atoms with Gasteiger partial charge in [0.1, 0.15) is 0 Å². The van der Waals surface area contributed by atoms with Gasteiger partial charge >= 0.3 is 0 Å². The van der Waals surface area contributed by atoms with Crippen LogP contribution < -0.4 is 10.6 Å². The molecule has 19 heavy (non-hydrogen) atoms. The lowest BCUT2D eigenvalue weighted by Crippen LogP contribution is -2.39. The number of nitrogens with one attached hydrogen (secondary N) is 2. The molecular weight excluding hydrogens is 240 g/mol. The number of carbonyl (C=O) groups is 1. The van der Waals surface area contributed by atoms with Crippen molar-refractivity contribution in [2.45, 2.75) is 25.5 Å². The number of hydrogen-bond donors (Lipinski definition) is 3. The predicted molar refractivity (Wildman–Crippen MR) is 72.6 cm³/mol. The van der Waals surface area contributed by atoms with Crippen LogP contribution in [0.25, 0.3) is 0 Å². The van der Waals surface area contributed by atoms with Crippen molar-refractivity contribution in [3.63, 3.8) is 0 Å². The fourth-order valence-corrected chi connectivity index (χ4v) is 3.17. The lowest BCUT2D eigenvalue weighted by Gasteiger charge is -2.21. The summed E-state index contributed by atoms with van der Waals surface area (Å²) in [4.78, 5) is 12.3. The largest absolute Gasteiger partial charge is 0.390 e. The molecule has 0 radical (unpaired) electrons. The van der Waals surface area contributed by atoms with Gasteiger partial charge < -0.3 is 15.7 Å². The molecule has 1 aromatic carbocycles. The Morgan fingerprint density at radius 3 is 2.89 bits per heavy atom. The predicted octanol–water partition coefficient (Wildman–Crippen LogP) is 0.616. The monoisotopic (exact) mass is 260 g/mol. The first-order chi connectivity index (χ1) is 9.16. The molecule has 3 N–H and O–H groups in total. The van der Waals surface area contributed by atoms with Crippen LogP contribution in [0, 0.1) is 11.8 Å². The van der Waals surface area contributed by atoms with Gasteiger partial charge in [-0.2, -0.15) is 0 Å². The van der Waals surface area contributed by atoms with E-state index in [1.54, 1.807) is 0 Å². The molecule has 1 saturated heterocycles. The first-order valence-corrected chi connectivity index (χ1v) is 6.94. The topological polar surface area (TPSA) is 61.4 Å². The Kier molecular flexibility index (Phi) is 3.29. The minimum absolute atomic E-state index is 0.0139. The summed E-state index contributed by atoms with van der Waals surface area (Å²) in [6.07, 6.45) is 0.116. The van der Waals surface area contributed by atoms with Crippen LogP contribution in [0.5, 0.6) is 0 Å². The standard InChI is InChI=1S/C15H20N2O2/c1-9-7-16-8-12(9)15(19)17-14-11-5-3-2-4-10(11)6-13(14)18/h2-5,9,12-14,16,18H,6-8H2,1H3,(H,17,19)/t9?,12?,13-,14+/m1/s1. The van der Waals surface area contributed by atoms with E-state index in [2.05, 4.69) is 17.6 Å². The SMILES string of the molecule is CC1CNCC1C(=O)N[C@H]1c2ccccc2C[C@H]1O. The van der Waals surface area contributed by atoms with Crippen LogP contribution in [-0.2, 0) is 11.2 Å². The van der Waals surface area contributed by atoms with E-state index in [-0.39, 0.29) is 17.9 Å². The van der Waals surface area contributed by atoms with E-state index in [1.165, 1.54) is 0 Å². The molecule has 1 aromatic rings. The highest BCUT2D eigenvalue weighted by molar-refractivity contribution is 5.80. The highest BCUT2D eigenvalue weighted by Gasteiger charge is 2.36. The zero-order chi connectivity index (χ0) is 13.4. The number of aliphatic hydroxyl groups excluding tert-OH is 1. The smallest absolute Gasteiger partial charge is 0.225 e. The van der Waals surface area contributed by atoms with E-state index in [4.69, 9.17) is 0 Å². The molecule has 4 nitrogen and oxygen atoms in total. The molecule has 2 aliphatic rings. The van der Waals surface area contributed by atoms with E-state index in [0.717, 1.165) is 24.2 Å². The first kappa shape index (κ1) is 12.6. The minimum atomic E-state index is -0.508. The lowest BCUT2D eigenvalue weighted by atomic mass is 9.96. The zero-order valence-corrected chi connectivity index (χ0v) is 11.1. The molecule has 0 bridgehead atoms. The van der Waals surface area contributed by atoms with Gasteiger partial charge in [-0.1, -0.05) is 31.2 Å². The molecule has 0 aromatic heterocycles. The molecule has 1 aliphatic carbocycles. The van der Waals surface area contributed by atoms with Gasteiger partial charge in [-0.3, -0.25) is 4.79 Å². The van der Waals surface area contributed by atoms with Gasteiger partial charge in [0.2, 0.25) is 5.91 Å². The molecule has 1 amide bonds. The van der Waals surface area contributed by atoms with Crippen molar-refractivity contribution >= 4 is 5.91 Å². The lowest BCUT2D eigenvalue weighted by molar-refractivity contribution is -0.126. The Hall–Kier alpha value is -1.39. The summed E-state index contributed by atoms with van der Waals surface area (Å²) in [6, 6.07) is 7.68. The number of rotatable bonds is 2. The summed E-state index contributed by atoms with van der Waals surface area (Å²) in [6.45, 7) is 3.71. The summed E-state index contributed by atoms with van der Waals surface area (Å²) < 4.78 is 0. The van der Waals surface area contributed by atoms with E-state index >= 15 is 0 Å². The van der Waals surface area contributed by atoms with E-state index in [9.17, 15) is 9.90 Å². The third kappa shape index (κ3) is 2.26. The Bertz CT molecular complexity index is 489. The fraction of sp³-hybridized carbons (Fsp3) is 0.533. The second kappa shape index (κ2) is 4.94. The van der Waals surface area contributed by atoms with Crippen LogP contribution in [0.2, 0.25) is 0 Å². The molecular formula is C15H20N2O2. The van der Waals surface area contributed by atoms with Crippen molar-refractivity contribution < 1.29 is 9.90 Å². The highest BCUT2D eigenvalue weighted by atomic mass is 16.3. The van der Waals surface area contributed by atoms with Crippen molar-refractivity contribution in [3.05, 3.63) is 35.4 Å². The van der Waals surface area contributed by atoms with Crippen molar-refractivity contribution in [3.8, 4) is 0 Å². The number of amides is 1. The molecule has 1 fully saturated rings. The summed E-state index contributed by atoms with van der Waals surface area (Å²) >= 11 is 0. The molecule has 0 spiro atoms. The van der Waals surface area contributed by atoms with Crippen LogP contribution in [0.15, 0.2) is 24.3 Å². The molecule has 4 atom stereocenters. The quantitative estimate of drug-likeness (QED) is 0.730. The fourth-order valence-electron chi connectivity index (χ4n) is 3.17. The van der Waals surface area contributed by atoms with Gasteiger partial charge in [-0.15, -0.1) is 0 Å². The van der Waals surface area contributed by atoms with Crippen LogP contribution >= 0.6 is 0 Å². The van der Waals surface area contributed by atoms with Gasteiger partial charge in [0.25, 0.3) is 0 Å². The summed E-state index contributed by atoms with van der Waals surface area (Å²) in [5.41, 5.74) is 2.19. The Morgan fingerprint density at radius 1 is 1.37 bits per heavy atom. The number of fused-ring (bicyclic) bond motifs is 1. The molecule has 4 heteroatoms. The Morgan fingerprint density at radius 2 is 2.16 bits per heavy atom. The first-order valence-electron chi connectivity index (χ1n) is 6.94. The second-order valence-corrected chi connectivity index (χ2v) is 5.70. The Labute approximate surface area is 113 Å². The van der Waals surface area contributed by atoms with Gasteiger partial charge in [0.15, 0.2) is 0 Å². The van der Waals surface area contributed by atoms with Crippen molar-refractivity contribution in [1.29, 1.82) is 0 Å². The van der Waals surface area contributed by atoms with Gasteiger partial charge in [-0.25, -0.2) is 0 Å². The third-order valence-electron chi connectivity index (χ3n) is 4.36. The molecule has 102 valence electrons. The average molecular weight is 260 g/mol. The molecule has 2 unspecified atom stereocenters. The van der Waals surface area contributed by atoms with Gasteiger partial charge in [0, 0.05) is 13.0 Å². The van der Waals surface area contributed by atoms with Crippen LogP contribution in [0.4, 0.5) is 0 Å². The maximum Gasteiger partial charge on any atom is 0.225 e. The van der Waals surface area contributed by atoms with Crippen molar-refractivity contribution in [1.82, 2.24) is 10.6 Å². The van der Waals surface area contributed by atoms with Crippen molar-refractivity contribution in [2.75, 3.05) is 13.1 Å². The Balaban J connectivity index is 1.75. The van der Waals surface area contributed by atoms with Crippen LogP contribution in [-0.4, -0.2) is 30.2 Å². The van der Waals surface area contributed by atoms with Crippen molar-refractivity contribution in [2.24, 2.45) is 11.8 Å². The number of hydrogen-bond acceptors (Lipinski definition) is 3. The maximum atomic E-state index is 12.3. The third-order valence-corrected chi connectivity index (χ3v) is 4.36. The normalized spacial score (nSPS) is 33.2. The molecule has 0 saturated carbocycles. The number of benzene rings is 1. The highest BCUT2D eigenvalue weighted by Crippen LogP contribution is 2.31. The summed E-state index contributed by atoms with van der Waals surface area (Å²) in [5, 5.41) is 16.4. The van der Waals surface area contributed by atoms with E-state index in [1.807, 2.05) is 24.3 Å². The van der Waals surface area contributed by atoms with Gasteiger partial charge in [-0.05, 0) is 23.6 Å². The van der Waals surface area contributed by atoms with E-state index < -0.39 is 6.10 Å². The number of carbonyl (C=O) groups excluding carboxylic acids is 1. The molecule has 1 aliphatic heterocycles. The minimum Gasteiger partial charge on any atom is -0.390 e. The second-order valence-electron chi connectivity index (χ2n) is 5.70.